The molecule has 7 heteroatoms. The molecule has 0 spiro atoms. The molecule has 29 heavy (non-hydrogen) atoms. The number of nitrogen functional groups attached to an aromatic ring is 1. The number of benzene rings is 2. The first-order chi connectivity index (χ1) is 14.1. The average Bonchev–Trinajstić information content (AvgIpc) is 3.22. The van der Waals surface area contributed by atoms with E-state index >= 15 is 0 Å². The Morgan fingerprint density at radius 2 is 1.97 bits per heavy atom. The molecule has 0 radical (unpaired) electrons. The summed E-state index contributed by atoms with van der Waals surface area (Å²) in [6, 6.07) is 16.8. The van der Waals surface area contributed by atoms with Crippen molar-refractivity contribution in [1.29, 1.82) is 0 Å². The highest BCUT2D eigenvalue weighted by atomic mass is 32.1. The van der Waals surface area contributed by atoms with Gasteiger partial charge in [-0.25, -0.2) is 0 Å². The Morgan fingerprint density at radius 3 is 2.62 bits per heavy atom. The Labute approximate surface area is 174 Å². The van der Waals surface area contributed by atoms with Gasteiger partial charge in [0.1, 0.15) is 6.61 Å². The standard InChI is InChI=1S/C22H21N2O3PS/c23-19-11-10-17(21-5-2-12-29-21)13-20(19)24-22(25)16-8-6-15(7-9-16)14-27-28(26)18-3-1-4-18/h2,5-13,18H,1,3-4,14,23H2/p+1. The van der Waals surface area contributed by atoms with Crippen molar-refractivity contribution in [2.75, 3.05) is 11.1 Å². The van der Waals surface area contributed by atoms with Crippen LogP contribution in [0, 0.1) is 0 Å². The highest BCUT2D eigenvalue weighted by Crippen LogP contribution is 2.42. The molecule has 3 aromatic rings. The molecule has 1 amide bonds. The summed E-state index contributed by atoms with van der Waals surface area (Å²) in [6.07, 6.45) is 3.12. The van der Waals surface area contributed by atoms with Crippen LogP contribution in [-0.4, -0.2) is 11.6 Å². The minimum atomic E-state index is -1.60. The number of anilines is 2. The van der Waals surface area contributed by atoms with Crippen LogP contribution in [0.1, 0.15) is 35.2 Å². The van der Waals surface area contributed by atoms with E-state index in [1.807, 2.05) is 41.8 Å². The van der Waals surface area contributed by atoms with Crippen molar-refractivity contribution >= 4 is 36.6 Å². The number of hydrogen-bond acceptors (Lipinski definition) is 5. The van der Waals surface area contributed by atoms with E-state index in [0.29, 0.717) is 23.5 Å². The lowest BCUT2D eigenvalue weighted by Gasteiger charge is -2.13. The molecule has 1 heterocycles. The Balaban J connectivity index is 1.39. The molecule has 0 bridgehead atoms. The molecule has 2 aromatic carbocycles. The fourth-order valence-electron chi connectivity index (χ4n) is 3.05. The molecular formula is C22H22N2O3PS+. The smallest absolute Gasteiger partial charge is 0.397 e. The first-order valence-electron chi connectivity index (χ1n) is 9.53. The molecule has 0 aliphatic heterocycles. The predicted octanol–water partition coefficient (Wildman–Crippen LogP) is 6.06. The third-order valence-corrected chi connectivity index (χ3v) is 7.47. The molecule has 1 saturated carbocycles. The number of nitrogens with one attached hydrogen (secondary N) is 1. The van der Waals surface area contributed by atoms with Crippen LogP contribution in [0.15, 0.2) is 60.0 Å². The van der Waals surface area contributed by atoms with Crippen LogP contribution in [0.5, 0.6) is 0 Å². The summed E-state index contributed by atoms with van der Waals surface area (Å²) in [6.45, 7) is 0.295. The number of carbonyl (C=O) groups excluding carboxylic acids is 1. The first-order valence-corrected chi connectivity index (χ1v) is 11.7. The van der Waals surface area contributed by atoms with E-state index in [1.54, 1.807) is 29.5 Å². The average molecular weight is 425 g/mol. The van der Waals surface area contributed by atoms with Crippen molar-refractivity contribution in [2.45, 2.75) is 31.5 Å². The number of hydrogen-bond donors (Lipinski definition) is 2. The van der Waals surface area contributed by atoms with E-state index in [9.17, 15) is 9.36 Å². The van der Waals surface area contributed by atoms with E-state index in [0.717, 1.165) is 35.3 Å². The van der Waals surface area contributed by atoms with E-state index < -0.39 is 8.03 Å². The normalized spacial score (nSPS) is 14.3. The van der Waals surface area contributed by atoms with E-state index in [2.05, 4.69) is 5.32 Å². The largest absolute Gasteiger partial charge is 0.511 e. The summed E-state index contributed by atoms with van der Waals surface area (Å²) in [4.78, 5) is 13.8. The molecule has 4 rings (SSSR count). The van der Waals surface area contributed by atoms with Crippen molar-refractivity contribution < 1.29 is 13.9 Å². The van der Waals surface area contributed by atoms with Crippen molar-refractivity contribution in [3.05, 3.63) is 71.1 Å². The molecule has 1 aliphatic carbocycles. The topological polar surface area (TPSA) is 81.4 Å². The van der Waals surface area contributed by atoms with Gasteiger partial charge < -0.3 is 11.1 Å². The van der Waals surface area contributed by atoms with Gasteiger partial charge in [-0.3, -0.25) is 4.79 Å². The number of rotatable bonds is 7. The lowest BCUT2D eigenvalue weighted by Crippen LogP contribution is -2.14. The highest BCUT2D eigenvalue weighted by molar-refractivity contribution is 7.40. The maximum Gasteiger partial charge on any atom is 0.511 e. The minimum absolute atomic E-state index is 0.213. The van der Waals surface area contributed by atoms with Crippen LogP contribution < -0.4 is 11.1 Å². The van der Waals surface area contributed by atoms with Gasteiger partial charge >= 0.3 is 8.03 Å². The molecule has 1 aliphatic rings. The SMILES string of the molecule is Nc1ccc(-c2cccs2)cc1NC(=O)c1ccc(CO[P+](=O)C2CCC2)cc1. The number of amides is 1. The predicted molar refractivity (Wildman–Crippen MR) is 119 cm³/mol. The van der Waals surface area contributed by atoms with Gasteiger partial charge in [0.25, 0.3) is 5.91 Å². The van der Waals surface area contributed by atoms with Gasteiger partial charge in [-0.2, -0.15) is 0 Å². The van der Waals surface area contributed by atoms with Crippen LogP contribution in [0.2, 0.25) is 0 Å². The number of thiophene rings is 1. The molecule has 0 saturated heterocycles. The molecule has 148 valence electrons. The summed E-state index contributed by atoms with van der Waals surface area (Å²) in [5.41, 5.74) is 9.79. The van der Waals surface area contributed by atoms with Crippen LogP contribution in [0.3, 0.4) is 0 Å². The summed E-state index contributed by atoms with van der Waals surface area (Å²) >= 11 is 1.63. The van der Waals surface area contributed by atoms with Gasteiger partial charge in [0.2, 0.25) is 0 Å². The van der Waals surface area contributed by atoms with Crippen LogP contribution in [0.4, 0.5) is 11.4 Å². The Hall–Kier alpha value is -2.53. The highest BCUT2D eigenvalue weighted by Gasteiger charge is 2.38. The minimum Gasteiger partial charge on any atom is -0.397 e. The van der Waals surface area contributed by atoms with Gasteiger partial charge in [-0.15, -0.1) is 15.9 Å². The molecular weight excluding hydrogens is 403 g/mol. The fraction of sp³-hybridized carbons (Fsp3) is 0.227. The van der Waals surface area contributed by atoms with E-state index in [4.69, 9.17) is 10.3 Å². The van der Waals surface area contributed by atoms with Gasteiger partial charge in [0, 0.05) is 10.4 Å². The van der Waals surface area contributed by atoms with Crippen molar-refractivity contribution in [3.63, 3.8) is 0 Å². The summed E-state index contributed by atoms with van der Waals surface area (Å²) in [7, 11) is -1.60. The summed E-state index contributed by atoms with van der Waals surface area (Å²) < 4.78 is 17.5. The second-order valence-corrected chi connectivity index (χ2v) is 9.58. The van der Waals surface area contributed by atoms with Crippen LogP contribution in [0.25, 0.3) is 10.4 Å². The second kappa shape index (κ2) is 8.87. The second-order valence-electron chi connectivity index (χ2n) is 7.07. The Bertz CT molecular complexity index is 1020. The monoisotopic (exact) mass is 425 g/mol. The zero-order chi connectivity index (χ0) is 20.2. The quantitative estimate of drug-likeness (QED) is 0.356. The zero-order valence-electron chi connectivity index (χ0n) is 15.8. The Morgan fingerprint density at radius 1 is 1.17 bits per heavy atom. The zero-order valence-corrected chi connectivity index (χ0v) is 17.5. The van der Waals surface area contributed by atoms with Gasteiger partial charge in [0.05, 0.1) is 11.4 Å². The lowest BCUT2D eigenvalue weighted by atomic mass is 10.00. The van der Waals surface area contributed by atoms with Crippen molar-refractivity contribution in [3.8, 4) is 10.4 Å². The fourth-order valence-corrected chi connectivity index (χ4v) is 5.05. The van der Waals surface area contributed by atoms with Crippen LogP contribution >= 0.6 is 19.4 Å². The van der Waals surface area contributed by atoms with Crippen molar-refractivity contribution in [1.82, 2.24) is 0 Å². The third kappa shape index (κ3) is 4.73. The molecule has 1 unspecified atom stereocenters. The summed E-state index contributed by atoms with van der Waals surface area (Å²) in [5, 5.41) is 4.90. The van der Waals surface area contributed by atoms with Crippen LogP contribution in [-0.2, 0) is 15.7 Å². The van der Waals surface area contributed by atoms with E-state index in [1.165, 1.54) is 0 Å². The Kier molecular flexibility index (Phi) is 6.05. The number of carbonyl (C=O) groups is 1. The first kappa shape index (κ1) is 19.8. The molecule has 3 N–H and O–H groups in total. The van der Waals surface area contributed by atoms with Gasteiger partial charge in [-0.05, 0) is 70.7 Å². The molecule has 5 nitrogen and oxygen atoms in total. The maximum atomic E-state index is 12.6. The van der Waals surface area contributed by atoms with Gasteiger partial charge in [-0.1, -0.05) is 24.3 Å². The lowest BCUT2D eigenvalue weighted by molar-refractivity contribution is 0.102. The van der Waals surface area contributed by atoms with Gasteiger partial charge in [0.15, 0.2) is 5.66 Å². The molecule has 1 atom stereocenters. The maximum absolute atomic E-state index is 12.6. The third-order valence-electron chi connectivity index (χ3n) is 5.05. The van der Waals surface area contributed by atoms with E-state index in [-0.39, 0.29) is 11.6 Å². The molecule has 1 fully saturated rings. The number of nitrogens with two attached hydrogens (primary N) is 1. The molecule has 1 aromatic heterocycles. The summed E-state index contributed by atoms with van der Waals surface area (Å²) in [5.74, 6) is -0.229. The van der Waals surface area contributed by atoms with Crippen molar-refractivity contribution in [2.24, 2.45) is 0 Å².